The van der Waals surface area contributed by atoms with Crippen molar-refractivity contribution in [2.45, 2.75) is 57.4 Å². The number of pyridine rings is 3. The summed E-state index contributed by atoms with van der Waals surface area (Å²) < 4.78 is 3.26. The number of nitriles is 2. The number of nitrogen functional groups attached to an aromatic ring is 1. The number of imide groups is 1. The minimum atomic E-state index is -0.492. The van der Waals surface area contributed by atoms with Gasteiger partial charge in [0.25, 0.3) is 0 Å². The van der Waals surface area contributed by atoms with Crippen molar-refractivity contribution in [3.8, 4) is 23.6 Å². The topological polar surface area (TPSA) is 229 Å². The summed E-state index contributed by atoms with van der Waals surface area (Å²) in [6.07, 6.45) is 12.8. The Labute approximate surface area is 322 Å². The second-order valence-electron chi connectivity index (χ2n) is 14.6. The molecule has 3 amide bonds. The SMILES string of the molecule is C[C@H](C#N)Nc1cc(-n2ncc3cc(C#N)c(N)nc32)ncc1-n1cc(C2CCC(CCN3CCN(c4ccc(N5CCC(=O)NC5=O)cn4)CC3)CC2)nn1. The fraction of sp³-hybridized carbons (Fsp3) is 0.421. The van der Waals surface area contributed by atoms with Crippen molar-refractivity contribution < 1.29 is 9.59 Å². The molecule has 18 heteroatoms. The third-order valence-corrected chi connectivity index (χ3v) is 11.0. The van der Waals surface area contributed by atoms with E-state index in [9.17, 15) is 20.1 Å². The molecule has 56 heavy (non-hydrogen) atoms. The number of nitrogens with one attached hydrogen (secondary N) is 2. The summed E-state index contributed by atoms with van der Waals surface area (Å²) in [4.78, 5) is 43.7. The van der Waals surface area contributed by atoms with Gasteiger partial charge in [0, 0.05) is 56.5 Å². The fourth-order valence-electron chi connectivity index (χ4n) is 7.78. The van der Waals surface area contributed by atoms with Crippen LogP contribution in [0.15, 0.2) is 49.1 Å². The van der Waals surface area contributed by atoms with Crippen LogP contribution in [0.1, 0.15) is 62.6 Å². The summed E-state index contributed by atoms with van der Waals surface area (Å²) in [5.74, 6) is 2.22. The first kappa shape index (κ1) is 36.3. The first-order chi connectivity index (χ1) is 27.3. The first-order valence-electron chi connectivity index (χ1n) is 18.9. The molecule has 5 aromatic heterocycles. The normalized spacial score (nSPS) is 19.7. The van der Waals surface area contributed by atoms with Crippen LogP contribution in [0.3, 0.4) is 0 Å². The van der Waals surface area contributed by atoms with Crippen LogP contribution < -0.4 is 26.2 Å². The second-order valence-corrected chi connectivity index (χ2v) is 14.6. The molecule has 0 bridgehead atoms. The quantitative estimate of drug-likeness (QED) is 0.185. The van der Waals surface area contributed by atoms with Crippen LogP contribution in [0.4, 0.5) is 27.8 Å². The smallest absolute Gasteiger partial charge is 0.328 e. The molecule has 2 saturated heterocycles. The van der Waals surface area contributed by atoms with Gasteiger partial charge in [-0.3, -0.25) is 19.9 Å². The third-order valence-electron chi connectivity index (χ3n) is 11.0. The number of hydrogen-bond acceptors (Lipinski definition) is 14. The number of nitrogens with zero attached hydrogens (tertiary/aromatic N) is 13. The molecule has 18 nitrogen and oxygen atoms in total. The summed E-state index contributed by atoms with van der Waals surface area (Å²) in [5, 5.41) is 38.7. The van der Waals surface area contributed by atoms with E-state index in [1.165, 1.54) is 6.42 Å². The zero-order valence-electron chi connectivity index (χ0n) is 31.0. The lowest BCUT2D eigenvalue weighted by molar-refractivity contribution is -0.120. The van der Waals surface area contributed by atoms with Gasteiger partial charge in [0.2, 0.25) is 5.91 Å². The molecular weight excluding hydrogens is 713 g/mol. The summed E-state index contributed by atoms with van der Waals surface area (Å²) in [6, 6.07) is 10.7. The van der Waals surface area contributed by atoms with Crippen molar-refractivity contribution in [1.82, 2.24) is 49.9 Å². The maximum Gasteiger partial charge on any atom is 0.328 e. The Hall–Kier alpha value is -6.66. The first-order valence-corrected chi connectivity index (χ1v) is 18.9. The lowest BCUT2D eigenvalue weighted by atomic mass is 9.79. The van der Waals surface area contributed by atoms with Crippen LogP contribution >= 0.6 is 0 Å². The Bertz CT molecular complexity index is 2320. The van der Waals surface area contributed by atoms with Crippen LogP contribution in [0.5, 0.6) is 0 Å². The molecule has 1 aliphatic carbocycles. The van der Waals surface area contributed by atoms with Gasteiger partial charge >= 0.3 is 6.03 Å². The zero-order chi connectivity index (χ0) is 38.8. The predicted molar refractivity (Wildman–Crippen MR) is 207 cm³/mol. The predicted octanol–water partition coefficient (Wildman–Crippen LogP) is 3.50. The molecule has 0 unspecified atom stereocenters. The van der Waals surface area contributed by atoms with Crippen molar-refractivity contribution in [3.63, 3.8) is 0 Å². The number of urea groups is 1. The summed E-state index contributed by atoms with van der Waals surface area (Å²) >= 11 is 0. The zero-order valence-corrected chi connectivity index (χ0v) is 31.0. The van der Waals surface area contributed by atoms with E-state index in [-0.39, 0.29) is 23.7 Å². The highest BCUT2D eigenvalue weighted by atomic mass is 16.2. The third kappa shape index (κ3) is 7.51. The number of anilines is 4. The highest BCUT2D eigenvalue weighted by Gasteiger charge is 2.28. The molecule has 3 aliphatic rings. The molecule has 1 saturated carbocycles. The van der Waals surface area contributed by atoms with Crippen LogP contribution in [0, 0.1) is 28.6 Å². The molecular formula is C38H42N16O2. The second kappa shape index (κ2) is 15.6. The molecule has 0 aromatic carbocycles. The maximum absolute atomic E-state index is 12.2. The number of nitrogens with two attached hydrogens (primary N) is 1. The lowest BCUT2D eigenvalue weighted by Crippen LogP contribution is -2.49. The van der Waals surface area contributed by atoms with E-state index < -0.39 is 12.1 Å². The summed E-state index contributed by atoms with van der Waals surface area (Å²) in [6.45, 7) is 6.96. The van der Waals surface area contributed by atoms with Gasteiger partial charge in [0.15, 0.2) is 11.5 Å². The number of carbonyl (C=O) groups is 2. The fourth-order valence-corrected chi connectivity index (χ4v) is 7.78. The van der Waals surface area contributed by atoms with Gasteiger partial charge < -0.3 is 16.0 Å². The minimum Gasteiger partial charge on any atom is -0.383 e. The number of amides is 3. The largest absolute Gasteiger partial charge is 0.383 e. The molecule has 5 aromatic rings. The molecule has 3 fully saturated rings. The molecule has 286 valence electrons. The van der Waals surface area contributed by atoms with E-state index in [0.29, 0.717) is 52.3 Å². The van der Waals surface area contributed by atoms with Crippen LogP contribution in [0.25, 0.3) is 22.5 Å². The van der Waals surface area contributed by atoms with E-state index in [2.05, 4.69) is 56.9 Å². The molecule has 4 N–H and O–H groups in total. The molecule has 0 radical (unpaired) electrons. The van der Waals surface area contributed by atoms with Gasteiger partial charge in [0.05, 0.1) is 53.5 Å². The molecule has 7 heterocycles. The van der Waals surface area contributed by atoms with Crippen molar-refractivity contribution in [2.75, 3.05) is 60.1 Å². The molecule has 1 atom stereocenters. The van der Waals surface area contributed by atoms with Gasteiger partial charge in [-0.05, 0) is 69.7 Å². The highest BCUT2D eigenvalue weighted by molar-refractivity contribution is 6.05. The van der Waals surface area contributed by atoms with E-state index in [0.717, 1.165) is 69.9 Å². The standard InChI is InChI=1S/C38H42N16O2/c1-24(18-39)45-30-17-34(54-37-28(20-44-54)16-27(19-40)36(41)47-37)43-22-32(30)53-23-31(48-49-53)26-4-2-25(3-5-26)8-10-50-12-14-51(15-13-50)33-7-6-29(21-42-33)52-11-9-35(55)46-38(52)56/h6-7,16-17,20-26H,2-5,8-15H2,1H3,(H2,41,47)(H,43,45)(H,46,55,56)/t24-,25?,26?/m1/s1. The Morgan fingerprint density at radius 2 is 1.80 bits per heavy atom. The number of carbonyl (C=O) groups excluding carboxylic acids is 2. The van der Waals surface area contributed by atoms with E-state index in [1.54, 1.807) is 51.9 Å². The van der Waals surface area contributed by atoms with Gasteiger partial charge in [-0.25, -0.2) is 24.4 Å². The monoisotopic (exact) mass is 754 g/mol. The van der Waals surface area contributed by atoms with Crippen molar-refractivity contribution >= 4 is 46.0 Å². The Morgan fingerprint density at radius 3 is 2.54 bits per heavy atom. The van der Waals surface area contributed by atoms with Gasteiger partial charge in [0.1, 0.15) is 29.4 Å². The summed E-state index contributed by atoms with van der Waals surface area (Å²) in [5.41, 5.74) is 9.66. The maximum atomic E-state index is 12.2. The van der Waals surface area contributed by atoms with Crippen LogP contribution in [0.2, 0.25) is 0 Å². The van der Waals surface area contributed by atoms with Crippen molar-refractivity contribution in [2.24, 2.45) is 5.92 Å². The highest BCUT2D eigenvalue weighted by Crippen LogP contribution is 2.37. The van der Waals surface area contributed by atoms with Crippen LogP contribution in [-0.4, -0.2) is 102 Å². The molecule has 8 rings (SSSR count). The van der Waals surface area contributed by atoms with Gasteiger partial charge in [-0.2, -0.15) is 20.3 Å². The Kier molecular flexibility index (Phi) is 10.1. The van der Waals surface area contributed by atoms with E-state index in [1.807, 2.05) is 24.4 Å². The Morgan fingerprint density at radius 1 is 1.00 bits per heavy atom. The average Bonchev–Trinajstić information content (AvgIpc) is 3.88. The van der Waals surface area contributed by atoms with Crippen LogP contribution in [-0.2, 0) is 4.79 Å². The average molecular weight is 755 g/mol. The number of aromatic nitrogens is 8. The lowest BCUT2D eigenvalue weighted by Gasteiger charge is -2.36. The van der Waals surface area contributed by atoms with Crippen molar-refractivity contribution in [3.05, 3.63) is 60.3 Å². The number of fused-ring (bicyclic) bond motifs is 1. The van der Waals surface area contributed by atoms with Gasteiger partial charge in [-0.1, -0.05) is 5.21 Å². The molecule has 0 spiro atoms. The van der Waals surface area contributed by atoms with Crippen molar-refractivity contribution in [1.29, 1.82) is 10.5 Å². The number of hydrogen-bond donors (Lipinski definition) is 3. The number of piperazine rings is 1. The molecule has 2 aliphatic heterocycles. The number of rotatable bonds is 10. The summed E-state index contributed by atoms with van der Waals surface area (Å²) in [7, 11) is 0. The Balaban J connectivity index is 0.844. The van der Waals surface area contributed by atoms with E-state index >= 15 is 0 Å². The van der Waals surface area contributed by atoms with Gasteiger partial charge in [-0.15, -0.1) is 5.10 Å². The van der Waals surface area contributed by atoms with E-state index in [4.69, 9.17) is 5.73 Å². The minimum absolute atomic E-state index is 0.111.